The Labute approximate surface area is 122 Å². The third-order valence-electron chi connectivity index (χ3n) is 4.65. The molecule has 2 fully saturated rings. The zero-order valence-electron chi connectivity index (χ0n) is 12.6. The molecule has 1 unspecified atom stereocenters. The summed E-state index contributed by atoms with van der Waals surface area (Å²) in [6.07, 6.45) is 7.94. The Morgan fingerprint density at radius 2 is 2.00 bits per heavy atom. The number of amides is 1. The molecule has 4 nitrogen and oxygen atoms in total. The minimum absolute atomic E-state index is 0.0614. The van der Waals surface area contributed by atoms with E-state index in [-0.39, 0.29) is 12.0 Å². The molecule has 1 aliphatic carbocycles. The molecule has 0 N–H and O–H groups in total. The lowest BCUT2D eigenvalue weighted by atomic mass is 9.80. The molecule has 4 heteroatoms. The molecular weight excluding hydrogens is 252 g/mol. The van der Waals surface area contributed by atoms with Gasteiger partial charge in [-0.25, -0.2) is 0 Å². The number of nitriles is 1. The molecule has 0 bridgehead atoms. The summed E-state index contributed by atoms with van der Waals surface area (Å²) >= 11 is 0. The van der Waals surface area contributed by atoms with Crippen LogP contribution in [-0.2, 0) is 9.53 Å². The summed E-state index contributed by atoms with van der Waals surface area (Å²) < 4.78 is 5.66. The van der Waals surface area contributed by atoms with E-state index in [0.29, 0.717) is 13.2 Å². The van der Waals surface area contributed by atoms with E-state index in [1.54, 1.807) is 0 Å². The first kappa shape index (κ1) is 15.3. The number of piperidine rings is 1. The molecule has 2 rings (SSSR count). The normalized spacial score (nSPS) is 26.6. The molecule has 1 atom stereocenters. The van der Waals surface area contributed by atoms with Crippen LogP contribution in [0.4, 0.5) is 0 Å². The van der Waals surface area contributed by atoms with Gasteiger partial charge in [-0.15, -0.1) is 0 Å². The summed E-state index contributed by atoms with van der Waals surface area (Å²) in [7, 11) is 0. The molecular formula is C16H26N2O2. The summed E-state index contributed by atoms with van der Waals surface area (Å²) in [5.74, 6) is 0.0614. The van der Waals surface area contributed by atoms with Crippen molar-refractivity contribution in [3.63, 3.8) is 0 Å². The van der Waals surface area contributed by atoms with Gasteiger partial charge in [0.1, 0.15) is 5.41 Å². The fraction of sp³-hybridized carbons (Fsp3) is 0.875. The first-order valence-electron chi connectivity index (χ1n) is 8.04. The molecule has 0 aromatic heterocycles. The number of likely N-dealkylation sites (tertiary alicyclic amines) is 1. The molecule has 1 aliphatic heterocycles. The first-order valence-corrected chi connectivity index (χ1v) is 8.04. The summed E-state index contributed by atoms with van der Waals surface area (Å²) in [5, 5.41) is 9.61. The number of carbonyl (C=O) groups is 1. The van der Waals surface area contributed by atoms with Crippen LogP contribution < -0.4 is 0 Å². The zero-order valence-corrected chi connectivity index (χ0v) is 12.6. The molecule has 1 saturated carbocycles. The lowest BCUT2D eigenvalue weighted by molar-refractivity contribution is -0.143. The smallest absolute Gasteiger partial charge is 0.243 e. The molecule has 1 heterocycles. The van der Waals surface area contributed by atoms with Crippen molar-refractivity contribution >= 4 is 5.91 Å². The number of rotatable bonds is 3. The van der Waals surface area contributed by atoms with Gasteiger partial charge in [0.05, 0.1) is 12.2 Å². The largest absolute Gasteiger partial charge is 0.377 e. The highest BCUT2D eigenvalue weighted by molar-refractivity contribution is 5.85. The lowest BCUT2D eigenvalue weighted by Crippen LogP contribution is -2.49. The highest BCUT2D eigenvalue weighted by Crippen LogP contribution is 2.37. The summed E-state index contributed by atoms with van der Waals surface area (Å²) in [6, 6.07) is 2.37. The Balaban J connectivity index is 2.05. The van der Waals surface area contributed by atoms with E-state index in [0.717, 1.165) is 57.9 Å². The van der Waals surface area contributed by atoms with Gasteiger partial charge in [0.2, 0.25) is 5.91 Å². The van der Waals surface area contributed by atoms with Gasteiger partial charge in [0.25, 0.3) is 0 Å². The Hall–Kier alpha value is -1.08. The van der Waals surface area contributed by atoms with Gasteiger partial charge < -0.3 is 9.64 Å². The highest BCUT2D eigenvalue weighted by atomic mass is 16.5. The molecule has 0 aromatic carbocycles. The van der Waals surface area contributed by atoms with Crippen molar-refractivity contribution in [2.24, 2.45) is 5.41 Å². The van der Waals surface area contributed by atoms with Crippen molar-refractivity contribution in [3.05, 3.63) is 0 Å². The van der Waals surface area contributed by atoms with E-state index in [2.05, 4.69) is 6.07 Å². The second kappa shape index (κ2) is 7.08. The average molecular weight is 278 g/mol. The third kappa shape index (κ3) is 3.32. The monoisotopic (exact) mass is 278 g/mol. The second-order valence-electron chi connectivity index (χ2n) is 6.08. The third-order valence-corrected chi connectivity index (χ3v) is 4.65. The van der Waals surface area contributed by atoms with Gasteiger partial charge >= 0.3 is 0 Å². The zero-order chi connectivity index (χ0) is 14.4. The number of nitrogens with zero attached hydrogens (tertiary/aromatic N) is 2. The van der Waals surface area contributed by atoms with Crippen molar-refractivity contribution in [2.75, 3.05) is 19.7 Å². The van der Waals surface area contributed by atoms with Gasteiger partial charge in [0.15, 0.2) is 0 Å². The van der Waals surface area contributed by atoms with Crippen molar-refractivity contribution in [1.82, 2.24) is 4.90 Å². The summed E-state index contributed by atoms with van der Waals surface area (Å²) in [4.78, 5) is 14.7. The molecule has 0 spiro atoms. The van der Waals surface area contributed by atoms with Gasteiger partial charge in [-0.3, -0.25) is 4.79 Å². The standard InChI is InChI=1S/C16H26N2O2/c1-2-20-14-8-7-11-18(12-14)15(19)16(13-17)9-5-3-4-6-10-16/h14H,2-12H2,1H3. The fourth-order valence-electron chi connectivity index (χ4n) is 3.50. The quantitative estimate of drug-likeness (QED) is 0.746. The van der Waals surface area contributed by atoms with Crippen LogP contribution in [-0.4, -0.2) is 36.6 Å². The van der Waals surface area contributed by atoms with Crippen LogP contribution in [0.3, 0.4) is 0 Å². The molecule has 2 aliphatic rings. The number of hydrogen-bond acceptors (Lipinski definition) is 3. The van der Waals surface area contributed by atoms with E-state index in [4.69, 9.17) is 4.74 Å². The lowest BCUT2D eigenvalue weighted by Gasteiger charge is -2.37. The summed E-state index contributed by atoms with van der Waals surface area (Å²) in [6.45, 7) is 4.13. The average Bonchev–Trinajstić information content (AvgIpc) is 2.73. The number of carbonyl (C=O) groups excluding carboxylic acids is 1. The number of ether oxygens (including phenoxy) is 1. The Kier molecular flexibility index (Phi) is 5.42. The molecule has 1 amide bonds. The van der Waals surface area contributed by atoms with Crippen LogP contribution in [0.15, 0.2) is 0 Å². The Morgan fingerprint density at radius 3 is 2.60 bits per heavy atom. The van der Waals surface area contributed by atoms with Crippen molar-refractivity contribution in [3.8, 4) is 6.07 Å². The fourth-order valence-corrected chi connectivity index (χ4v) is 3.50. The maximum atomic E-state index is 12.9. The maximum Gasteiger partial charge on any atom is 0.243 e. The van der Waals surface area contributed by atoms with Crippen LogP contribution in [0.25, 0.3) is 0 Å². The maximum absolute atomic E-state index is 12.9. The Morgan fingerprint density at radius 1 is 1.30 bits per heavy atom. The predicted molar refractivity (Wildman–Crippen MR) is 77.0 cm³/mol. The van der Waals surface area contributed by atoms with E-state index in [1.165, 1.54) is 0 Å². The molecule has 0 aromatic rings. The van der Waals surface area contributed by atoms with Crippen LogP contribution >= 0.6 is 0 Å². The highest BCUT2D eigenvalue weighted by Gasteiger charge is 2.42. The number of hydrogen-bond donors (Lipinski definition) is 0. The van der Waals surface area contributed by atoms with Gasteiger partial charge in [-0.1, -0.05) is 25.7 Å². The van der Waals surface area contributed by atoms with Crippen molar-refractivity contribution in [1.29, 1.82) is 5.26 Å². The van der Waals surface area contributed by atoms with Gasteiger partial charge in [0, 0.05) is 19.7 Å². The molecule has 20 heavy (non-hydrogen) atoms. The Bertz CT molecular complexity index is 365. The second-order valence-corrected chi connectivity index (χ2v) is 6.08. The SMILES string of the molecule is CCOC1CCCN(C(=O)C2(C#N)CCCCCC2)C1. The van der Waals surface area contributed by atoms with Crippen LogP contribution in [0, 0.1) is 16.7 Å². The van der Waals surface area contributed by atoms with E-state index in [9.17, 15) is 10.1 Å². The van der Waals surface area contributed by atoms with E-state index >= 15 is 0 Å². The first-order chi connectivity index (χ1) is 9.72. The topological polar surface area (TPSA) is 53.3 Å². The molecule has 0 radical (unpaired) electrons. The molecule has 112 valence electrons. The van der Waals surface area contributed by atoms with Crippen LogP contribution in [0.2, 0.25) is 0 Å². The van der Waals surface area contributed by atoms with Crippen LogP contribution in [0.1, 0.15) is 58.3 Å². The van der Waals surface area contributed by atoms with Gasteiger partial charge in [-0.05, 0) is 32.6 Å². The minimum atomic E-state index is -0.759. The van der Waals surface area contributed by atoms with Crippen molar-refractivity contribution in [2.45, 2.75) is 64.4 Å². The van der Waals surface area contributed by atoms with E-state index < -0.39 is 5.41 Å². The summed E-state index contributed by atoms with van der Waals surface area (Å²) in [5.41, 5.74) is -0.759. The molecule has 1 saturated heterocycles. The minimum Gasteiger partial charge on any atom is -0.377 e. The predicted octanol–water partition coefficient (Wildman–Crippen LogP) is 2.88. The van der Waals surface area contributed by atoms with Gasteiger partial charge in [-0.2, -0.15) is 5.26 Å². The van der Waals surface area contributed by atoms with E-state index in [1.807, 2.05) is 11.8 Å². The van der Waals surface area contributed by atoms with Crippen molar-refractivity contribution < 1.29 is 9.53 Å². The van der Waals surface area contributed by atoms with Crippen LogP contribution in [0.5, 0.6) is 0 Å².